The lowest BCUT2D eigenvalue weighted by Gasteiger charge is -2.05. The van der Waals surface area contributed by atoms with Crippen LogP contribution in [0.15, 0.2) is 11.3 Å². The number of amidine groups is 1. The Bertz CT molecular complexity index is 229. The van der Waals surface area contributed by atoms with E-state index < -0.39 is 11.8 Å². The van der Waals surface area contributed by atoms with Gasteiger partial charge in [0, 0.05) is 0 Å². The number of nitrogens with one attached hydrogen (secondary N) is 1. The molecule has 0 saturated carbocycles. The Morgan fingerprint density at radius 3 is 2.42 bits per heavy atom. The van der Waals surface area contributed by atoms with Gasteiger partial charge >= 0.3 is 5.97 Å². The van der Waals surface area contributed by atoms with Crippen molar-refractivity contribution in [2.24, 2.45) is 5.73 Å². The first-order chi connectivity index (χ1) is 5.50. The highest BCUT2D eigenvalue weighted by Gasteiger charge is 2.16. The average Bonchev–Trinajstić information content (AvgIpc) is 1.85. The van der Waals surface area contributed by atoms with Crippen LogP contribution in [-0.2, 0) is 9.53 Å². The van der Waals surface area contributed by atoms with E-state index in [1.807, 2.05) is 0 Å². The lowest BCUT2D eigenvalue weighted by atomic mass is 10.2. The maximum absolute atomic E-state index is 11.0. The predicted octanol–water partition coefficient (Wildman–Crippen LogP) is 0.317. The fourth-order valence-corrected chi connectivity index (χ4v) is 0.656. The van der Waals surface area contributed by atoms with Crippen molar-refractivity contribution in [1.82, 2.24) is 0 Å². The topological polar surface area (TPSA) is 96.4 Å². The molecule has 0 spiro atoms. The van der Waals surface area contributed by atoms with E-state index in [4.69, 9.17) is 16.2 Å². The van der Waals surface area contributed by atoms with E-state index in [1.165, 1.54) is 6.92 Å². The number of carbonyl (C=O) groups excluding carboxylic acids is 1. The molecule has 5 nitrogen and oxygen atoms in total. The Balaban J connectivity index is 4.67. The number of ether oxygens (including phenoxy) is 1. The van der Waals surface area contributed by atoms with Gasteiger partial charge in [-0.3, -0.25) is 5.41 Å². The van der Waals surface area contributed by atoms with Gasteiger partial charge < -0.3 is 15.6 Å². The molecule has 0 aliphatic heterocycles. The van der Waals surface area contributed by atoms with Gasteiger partial charge in [-0.05, 0) is 13.8 Å². The minimum Gasteiger partial charge on any atom is -0.512 e. The molecule has 0 aromatic heterocycles. The molecule has 68 valence electrons. The zero-order valence-corrected chi connectivity index (χ0v) is 7.05. The number of aliphatic hydroxyl groups excluding tert-OH is 1. The summed E-state index contributed by atoms with van der Waals surface area (Å²) in [5, 5.41) is 15.9. The van der Waals surface area contributed by atoms with Crippen LogP contribution in [0.2, 0.25) is 0 Å². The van der Waals surface area contributed by atoms with Crippen molar-refractivity contribution in [2.45, 2.75) is 13.8 Å². The Hall–Kier alpha value is -1.52. The van der Waals surface area contributed by atoms with Crippen LogP contribution in [0.25, 0.3) is 0 Å². The average molecular weight is 172 g/mol. The summed E-state index contributed by atoms with van der Waals surface area (Å²) in [4.78, 5) is 11.0. The molecule has 0 radical (unpaired) electrons. The fourth-order valence-electron chi connectivity index (χ4n) is 0.656. The van der Waals surface area contributed by atoms with E-state index in [9.17, 15) is 4.79 Å². The molecule has 0 unspecified atom stereocenters. The highest BCUT2D eigenvalue weighted by atomic mass is 16.5. The molecular weight excluding hydrogens is 160 g/mol. The fraction of sp³-hybridized carbons (Fsp3) is 0.429. The third-order valence-corrected chi connectivity index (χ3v) is 1.11. The summed E-state index contributed by atoms with van der Waals surface area (Å²) < 4.78 is 4.55. The molecule has 12 heavy (non-hydrogen) atoms. The van der Waals surface area contributed by atoms with Crippen LogP contribution in [-0.4, -0.2) is 23.5 Å². The van der Waals surface area contributed by atoms with Crippen LogP contribution < -0.4 is 5.73 Å². The van der Waals surface area contributed by atoms with Crippen molar-refractivity contribution < 1.29 is 14.6 Å². The normalized spacial score (nSPS) is 11.8. The van der Waals surface area contributed by atoms with E-state index in [0.717, 1.165) is 0 Å². The van der Waals surface area contributed by atoms with Gasteiger partial charge in [-0.1, -0.05) is 0 Å². The Morgan fingerprint density at radius 1 is 1.67 bits per heavy atom. The van der Waals surface area contributed by atoms with Gasteiger partial charge in [0.2, 0.25) is 0 Å². The van der Waals surface area contributed by atoms with E-state index in [0.29, 0.717) is 0 Å². The zero-order chi connectivity index (χ0) is 9.72. The van der Waals surface area contributed by atoms with Gasteiger partial charge in [0.25, 0.3) is 0 Å². The Morgan fingerprint density at radius 2 is 2.17 bits per heavy atom. The summed E-state index contributed by atoms with van der Waals surface area (Å²) >= 11 is 0. The Labute approximate surface area is 70.3 Å². The molecular formula is C7H12N2O3. The molecule has 5 heteroatoms. The van der Waals surface area contributed by atoms with Crippen molar-refractivity contribution in [3.05, 3.63) is 11.3 Å². The van der Waals surface area contributed by atoms with Crippen molar-refractivity contribution in [2.75, 3.05) is 6.61 Å². The summed E-state index contributed by atoms with van der Waals surface area (Å²) in [5.74, 6) is -1.57. The Kier molecular flexibility index (Phi) is 3.82. The number of aliphatic hydroxyl groups is 1. The lowest BCUT2D eigenvalue weighted by molar-refractivity contribution is -0.138. The first-order valence-electron chi connectivity index (χ1n) is 3.42. The standard InChI is InChI=1S/C7H12N2O3/c1-3-12-7(11)5(4(2)10)6(8)9/h10H,3H2,1-2H3,(H3,8,9)/b5-4-. The quantitative estimate of drug-likeness (QED) is 0.188. The second kappa shape index (κ2) is 4.38. The minimum absolute atomic E-state index is 0.183. The van der Waals surface area contributed by atoms with Gasteiger partial charge in [0.1, 0.15) is 17.2 Å². The van der Waals surface area contributed by atoms with Crippen molar-refractivity contribution in [3.63, 3.8) is 0 Å². The van der Waals surface area contributed by atoms with E-state index in [2.05, 4.69) is 4.74 Å². The van der Waals surface area contributed by atoms with Gasteiger partial charge in [-0.2, -0.15) is 0 Å². The predicted molar refractivity (Wildman–Crippen MR) is 43.9 cm³/mol. The molecule has 0 fully saturated rings. The minimum atomic E-state index is -0.773. The van der Waals surface area contributed by atoms with Crippen molar-refractivity contribution in [3.8, 4) is 0 Å². The summed E-state index contributed by atoms with van der Waals surface area (Å²) in [7, 11) is 0. The van der Waals surface area contributed by atoms with Crippen LogP contribution in [0, 0.1) is 5.41 Å². The summed E-state index contributed by atoms with van der Waals surface area (Å²) in [6.45, 7) is 3.08. The summed E-state index contributed by atoms with van der Waals surface area (Å²) in [5.41, 5.74) is 4.75. The van der Waals surface area contributed by atoms with Crippen LogP contribution in [0.5, 0.6) is 0 Å². The number of carbonyl (C=O) groups is 1. The number of nitrogens with two attached hydrogens (primary N) is 1. The number of hydrogen-bond acceptors (Lipinski definition) is 4. The first kappa shape index (κ1) is 10.5. The number of rotatable bonds is 3. The third-order valence-electron chi connectivity index (χ3n) is 1.11. The highest BCUT2D eigenvalue weighted by Crippen LogP contribution is 2.02. The highest BCUT2D eigenvalue weighted by molar-refractivity contribution is 6.17. The molecule has 0 saturated heterocycles. The summed E-state index contributed by atoms with van der Waals surface area (Å²) in [6, 6.07) is 0. The maximum Gasteiger partial charge on any atom is 0.345 e. The lowest BCUT2D eigenvalue weighted by Crippen LogP contribution is -2.23. The van der Waals surface area contributed by atoms with Crippen LogP contribution in [0.3, 0.4) is 0 Å². The van der Waals surface area contributed by atoms with Crippen molar-refractivity contribution >= 4 is 11.8 Å². The molecule has 0 aromatic carbocycles. The number of allylic oxidation sites excluding steroid dienone is 1. The van der Waals surface area contributed by atoms with E-state index in [1.54, 1.807) is 6.92 Å². The zero-order valence-electron chi connectivity index (χ0n) is 7.05. The number of hydrogen-bond donors (Lipinski definition) is 3. The smallest absolute Gasteiger partial charge is 0.345 e. The van der Waals surface area contributed by atoms with Crippen LogP contribution >= 0.6 is 0 Å². The van der Waals surface area contributed by atoms with Crippen molar-refractivity contribution in [1.29, 1.82) is 5.41 Å². The molecule has 0 heterocycles. The maximum atomic E-state index is 11.0. The van der Waals surface area contributed by atoms with Crippen LogP contribution in [0.4, 0.5) is 0 Å². The van der Waals surface area contributed by atoms with Crippen LogP contribution in [0.1, 0.15) is 13.8 Å². The molecule has 0 amide bonds. The van der Waals surface area contributed by atoms with Gasteiger partial charge in [-0.25, -0.2) is 4.79 Å². The molecule has 0 aliphatic carbocycles. The third kappa shape index (κ3) is 2.61. The van der Waals surface area contributed by atoms with E-state index in [-0.39, 0.29) is 17.9 Å². The molecule has 0 aliphatic rings. The monoisotopic (exact) mass is 172 g/mol. The molecule has 0 atom stereocenters. The van der Waals surface area contributed by atoms with E-state index >= 15 is 0 Å². The summed E-state index contributed by atoms with van der Waals surface area (Å²) in [6.07, 6.45) is 0. The second-order valence-electron chi connectivity index (χ2n) is 2.09. The van der Waals surface area contributed by atoms with Gasteiger partial charge in [-0.15, -0.1) is 0 Å². The van der Waals surface area contributed by atoms with Gasteiger partial charge in [0.15, 0.2) is 0 Å². The number of esters is 1. The van der Waals surface area contributed by atoms with Gasteiger partial charge in [0.05, 0.1) is 6.61 Å². The molecule has 0 bridgehead atoms. The second-order valence-corrected chi connectivity index (χ2v) is 2.09. The molecule has 0 aromatic rings. The molecule has 0 rings (SSSR count). The first-order valence-corrected chi connectivity index (χ1v) is 3.42. The largest absolute Gasteiger partial charge is 0.512 e. The molecule has 4 N–H and O–H groups in total. The SMILES string of the molecule is CCOC(=O)/C(C(=N)N)=C(/C)O.